The summed E-state index contributed by atoms with van der Waals surface area (Å²) < 4.78 is 49.4. The minimum Gasteiger partial charge on any atom is -0.204 e. The second kappa shape index (κ2) is 9.05. The van der Waals surface area contributed by atoms with Crippen molar-refractivity contribution in [1.82, 2.24) is 0 Å². The molecule has 190 valence electrons. The summed E-state index contributed by atoms with van der Waals surface area (Å²) >= 11 is 0. The van der Waals surface area contributed by atoms with Crippen molar-refractivity contribution in [2.45, 2.75) is 24.8 Å². The van der Waals surface area contributed by atoms with Gasteiger partial charge in [0.25, 0.3) is 0 Å². The normalized spacial score (nSPS) is 17.5. The Morgan fingerprint density at radius 3 is 2.31 bits per heavy atom. The van der Waals surface area contributed by atoms with Crippen LogP contribution in [0.2, 0.25) is 0 Å². The number of halogens is 3. The molecule has 2 nitrogen and oxygen atoms in total. The van der Waals surface area contributed by atoms with Crippen LogP contribution in [0.1, 0.15) is 29.5 Å². The van der Waals surface area contributed by atoms with Gasteiger partial charge in [-0.25, -0.2) is 13.2 Å². The Morgan fingerprint density at radius 2 is 1.46 bits per heavy atom. The molecule has 39 heavy (non-hydrogen) atoms. The number of pyridine rings is 2. The zero-order valence-corrected chi connectivity index (χ0v) is 21.1. The predicted octanol–water partition coefficient (Wildman–Crippen LogP) is 7.44. The van der Waals surface area contributed by atoms with Crippen molar-refractivity contribution < 1.29 is 22.3 Å². The topological polar surface area (TPSA) is 7.76 Å². The number of rotatable bonds is 1. The molecule has 2 aromatic heterocycles. The van der Waals surface area contributed by atoms with Crippen LogP contribution >= 0.6 is 0 Å². The smallest absolute Gasteiger partial charge is 0.204 e. The van der Waals surface area contributed by atoms with Gasteiger partial charge < -0.3 is 0 Å². The van der Waals surface area contributed by atoms with E-state index in [9.17, 15) is 8.78 Å². The first kappa shape index (κ1) is 23.6. The molecule has 5 heteroatoms. The second-order valence-corrected chi connectivity index (χ2v) is 10.2. The molecule has 0 saturated carbocycles. The molecule has 4 heterocycles. The molecule has 0 radical (unpaired) electrons. The lowest BCUT2D eigenvalue weighted by Crippen LogP contribution is -2.53. The number of hydrogen-bond donors (Lipinski definition) is 0. The zero-order chi connectivity index (χ0) is 26.7. The van der Waals surface area contributed by atoms with Crippen LogP contribution in [0, 0.1) is 17.5 Å². The van der Waals surface area contributed by atoms with Crippen molar-refractivity contribution in [2.75, 3.05) is 0 Å². The molecular weight excluding hydrogens is 493 g/mol. The van der Waals surface area contributed by atoms with Gasteiger partial charge in [-0.15, -0.1) is 0 Å². The van der Waals surface area contributed by atoms with Crippen molar-refractivity contribution in [2.24, 2.45) is 0 Å². The highest BCUT2D eigenvalue weighted by atomic mass is 19.2. The molecule has 5 aromatic rings. The average Bonchev–Trinajstić information content (AvgIpc) is 3.03. The molecule has 0 aliphatic carbocycles. The van der Waals surface area contributed by atoms with Gasteiger partial charge in [0.1, 0.15) is 0 Å². The van der Waals surface area contributed by atoms with E-state index in [1.165, 1.54) is 0 Å². The van der Waals surface area contributed by atoms with Gasteiger partial charge in [0.05, 0.1) is 17.0 Å². The summed E-state index contributed by atoms with van der Waals surface area (Å²) in [6.45, 7) is 4.61. The number of fused-ring (bicyclic) bond motifs is 9. The SMILES string of the molecule is C=C1C2C(CCc3c(cc(F)c(F)c3F)-c3c(-c4ccccc4)ccc[n+]31)c1ccccc1-c1cccc[n+]12. The van der Waals surface area contributed by atoms with Gasteiger partial charge in [-0.2, -0.15) is 9.13 Å². The maximum absolute atomic E-state index is 15.6. The molecule has 0 saturated heterocycles. The summed E-state index contributed by atoms with van der Waals surface area (Å²) in [7, 11) is 0. The number of allylic oxidation sites excluding steroid dienone is 1. The standard InChI is InChI=1S/C34H25F3N2/c1-21-33-27(24-12-5-6-13-25(24)30-15-7-8-18-39(30)33)17-16-26-28(20-29(35)32(37)31(26)36)34-23(14-9-19-38(21)34)22-10-3-2-4-11-22/h2-15,18-20,27,33H,1,16-17H2/q+2. The van der Waals surface area contributed by atoms with Gasteiger partial charge in [0.2, 0.25) is 23.1 Å². The van der Waals surface area contributed by atoms with E-state index >= 15 is 4.39 Å². The summed E-state index contributed by atoms with van der Waals surface area (Å²) in [6.07, 6.45) is 4.72. The highest BCUT2D eigenvalue weighted by Crippen LogP contribution is 2.46. The van der Waals surface area contributed by atoms with E-state index in [0.717, 1.165) is 39.7 Å². The van der Waals surface area contributed by atoms with E-state index in [1.807, 2.05) is 77.5 Å². The molecule has 2 unspecified atom stereocenters. The number of nitrogens with zero attached hydrogens (tertiary/aromatic N) is 2. The highest BCUT2D eigenvalue weighted by molar-refractivity contribution is 5.81. The fourth-order valence-corrected chi connectivity index (χ4v) is 6.45. The van der Waals surface area contributed by atoms with Crippen molar-refractivity contribution in [1.29, 1.82) is 0 Å². The molecule has 0 N–H and O–H groups in total. The minimum atomic E-state index is -1.43. The Bertz CT molecular complexity index is 1780. The van der Waals surface area contributed by atoms with Crippen LogP contribution in [0.25, 0.3) is 39.3 Å². The van der Waals surface area contributed by atoms with Crippen LogP contribution < -0.4 is 9.13 Å². The maximum Gasteiger partial charge on any atom is 0.249 e. The Balaban J connectivity index is 1.57. The molecule has 0 amide bonds. The first-order valence-corrected chi connectivity index (χ1v) is 13.1. The van der Waals surface area contributed by atoms with Gasteiger partial charge >= 0.3 is 0 Å². The van der Waals surface area contributed by atoms with Crippen LogP contribution in [0.15, 0.2) is 110 Å². The Kier molecular flexibility index (Phi) is 5.48. The monoisotopic (exact) mass is 518 g/mol. The fraction of sp³-hybridized carbons (Fsp3) is 0.118. The quantitative estimate of drug-likeness (QED) is 0.161. The van der Waals surface area contributed by atoms with Crippen molar-refractivity contribution in [3.63, 3.8) is 0 Å². The zero-order valence-electron chi connectivity index (χ0n) is 21.1. The molecule has 2 aliphatic heterocycles. The molecule has 0 spiro atoms. The third-order valence-corrected chi connectivity index (χ3v) is 8.16. The van der Waals surface area contributed by atoms with Crippen LogP contribution in [0.5, 0.6) is 0 Å². The fourth-order valence-electron chi connectivity index (χ4n) is 6.45. The first-order valence-electron chi connectivity index (χ1n) is 13.1. The van der Waals surface area contributed by atoms with Crippen molar-refractivity contribution in [3.8, 4) is 33.6 Å². The first-order chi connectivity index (χ1) is 19.0. The van der Waals surface area contributed by atoms with Gasteiger partial charge in [0.15, 0.2) is 29.8 Å². The third-order valence-electron chi connectivity index (χ3n) is 8.16. The molecule has 2 atom stereocenters. The largest absolute Gasteiger partial charge is 0.249 e. The number of hydrogen-bond acceptors (Lipinski definition) is 0. The highest BCUT2D eigenvalue weighted by Gasteiger charge is 2.47. The van der Waals surface area contributed by atoms with E-state index in [2.05, 4.69) is 35.5 Å². The lowest BCUT2D eigenvalue weighted by atomic mass is 9.78. The van der Waals surface area contributed by atoms with E-state index in [4.69, 9.17) is 0 Å². The Labute approximate surface area is 225 Å². The second-order valence-electron chi connectivity index (χ2n) is 10.2. The average molecular weight is 519 g/mol. The summed E-state index contributed by atoms with van der Waals surface area (Å²) in [6, 6.07) is 28.9. The van der Waals surface area contributed by atoms with Gasteiger partial charge in [-0.1, -0.05) is 48.5 Å². The van der Waals surface area contributed by atoms with E-state index in [-0.39, 0.29) is 23.9 Å². The summed E-state index contributed by atoms with van der Waals surface area (Å²) in [5.41, 5.74) is 6.90. The summed E-state index contributed by atoms with van der Waals surface area (Å²) in [5, 5.41) is 0. The Hall–Kier alpha value is -4.51. The van der Waals surface area contributed by atoms with Gasteiger partial charge in [-0.3, -0.25) is 0 Å². The minimum absolute atomic E-state index is 0.0622. The van der Waals surface area contributed by atoms with E-state index in [1.54, 1.807) is 0 Å². The molecule has 3 aromatic carbocycles. The summed E-state index contributed by atoms with van der Waals surface area (Å²) in [4.78, 5) is 0. The predicted molar refractivity (Wildman–Crippen MR) is 145 cm³/mol. The number of aromatic nitrogens is 2. The molecule has 7 rings (SSSR count). The van der Waals surface area contributed by atoms with Crippen LogP contribution in [-0.4, -0.2) is 0 Å². The van der Waals surface area contributed by atoms with Crippen LogP contribution in [0.4, 0.5) is 13.2 Å². The number of benzene rings is 3. The molecular formula is C34H25F3N2+2. The van der Waals surface area contributed by atoms with Crippen LogP contribution in [0.3, 0.4) is 0 Å². The molecule has 2 aliphatic rings. The van der Waals surface area contributed by atoms with Gasteiger partial charge in [0, 0.05) is 29.3 Å². The van der Waals surface area contributed by atoms with Gasteiger partial charge in [-0.05, 0) is 54.8 Å². The van der Waals surface area contributed by atoms with E-state index < -0.39 is 17.5 Å². The van der Waals surface area contributed by atoms with Crippen molar-refractivity contribution in [3.05, 3.63) is 139 Å². The van der Waals surface area contributed by atoms with Crippen molar-refractivity contribution >= 4 is 5.70 Å². The summed E-state index contributed by atoms with van der Waals surface area (Å²) in [5.74, 6) is -3.82. The van der Waals surface area contributed by atoms with Crippen LogP contribution in [-0.2, 0) is 6.42 Å². The maximum atomic E-state index is 15.6. The lowest BCUT2D eigenvalue weighted by Gasteiger charge is -2.29. The third kappa shape index (κ3) is 3.57. The molecule has 0 bridgehead atoms. The van der Waals surface area contributed by atoms with E-state index in [0.29, 0.717) is 17.7 Å². The molecule has 0 fully saturated rings. The Morgan fingerprint density at radius 1 is 0.718 bits per heavy atom. The lowest BCUT2D eigenvalue weighted by molar-refractivity contribution is -0.727.